The number of hydrogen-bond donors (Lipinski definition) is 2. The van der Waals surface area contributed by atoms with Gasteiger partial charge in [0.1, 0.15) is 17.6 Å². The fourth-order valence-corrected chi connectivity index (χ4v) is 2.11. The Morgan fingerprint density at radius 2 is 1.96 bits per heavy atom. The largest absolute Gasteiger partial charge is 0.508 e. The predicted octanol–water partition coefficient (Wildman–Crippen LogP) is 2.05. The summed E-state index contributed by atoms with van der Waals surface area (Å²) in [7, 11) is 1.19. The Hall–Kier alpha value is -2.89. The first kappa shape index (κ1) is 16.5. The molecule has 0 aromatic heterocycles. The van der Waals surface area contributed by atoms with E-state index in [4.69, 9.17) is 0 Å². The van der Waals surface area contributed by atoms with E-state index in [0.717, 1.165) is 0 Å². The van der Waals surface area contributed by atoms with Gasteiger partial charge in [0.15, 0.2) is 0 Å². The molecule has 0 radical (unpaired) electrons. The number of halogens is 1. The second-order valence-corrected chi connectivity index (χ2v) is 4.90. The molecule has 1 amide bonds. The number of phenolic OH excluding ortho intramolecular Hbond substituents is 1. The molecule has 0 spiro atoms. The maximum absolute atomic E-state index is 13.7. The molecule has 5 nitrogen and oxygen atoms in total. The highest BCUT2D eigenvalue weighted by atomic mass is 19.1. The highest BCUT2D eigenvalue weighted by Crippen LogP contribution is 2.13. The third-order valence-corrected chi connectivity index (χ3v) is 3.28. The van der Waals surface area contributed by atoms with E-state index in [9.17, 15) is 19.1 Å². The Balaban J connectivity index is 2.17. The van der Waals surface area contributed by atoms with Gasteiger partial charge in [-0.15, -0.1) is 0 Å². The van der Waals surface area contributed by atoms with Gasteiger partial charge in [0.2, 0.25) is 0 Å². The molecule has 23 heavy (non-hydrogen) atoms. The van der Waals surface area contributed by atoms with Gasteiger partial charge in [-0.1, -0.05) is 24.3 Å². The van der Waals surface area contributed by atoms with Crippen molar-refractivity contribution in [3.63, 3.8) is 0 Å². The Morgan fingerprint density at radius 3 is 2.61 bits per heavy atom. The molecule has 0 unspecified atom stereocenters. The van der Waals surface area contributed by atoms with Crippen molar-refractivity contribution in [1.82, 2.24) is 5.32 Å². The zero-order chi connectivity index (χ0) is 16.8. The number of hydrogen-bond acceptors (Lipinski definition) is 4. The van der Waals surface area contributed by atoms with Gasteiger partial charge in [-0.3, -0.25) is 4.79 Å². The lowest BCUT2D eigenvalue weighted by Crippen LogP contribution is -2.43. The van der Waals surface area contributed by atoms with E-state index < -0.39 is 23.7 Å². The lowest BCUT2D eigenvalue weighted by molar-refractivity contribution is -0.142. The lowest BCUT2D eigenvalue weighted by atomic mass is 10.0. The van der Waals surface area contributed by atoms with Crippen molar-refractivity contribution in [1.29, 1.82) is 0 Å². The quantitative estimate of drug-likeness (QED) is 0.828. The molecule has 0 bridgehead atoms. The molecule has 6 heteroatoms. The monoisotopic (exact) mass is 317 g/mol. The van der Waals surface area contributed by atoms with E-state index in [1.165, 1.54) is 49.6 Å². The van der Waals surface area contributed by atoms with Crippen LogP contribution in [0.1, 0.15) is 15.9 Å². The molecular weight excluding hydrogens is 301 g/mol. The minimum absolute atomic E-state index is 0.0378. The summed E-state index contributed by atoms with van der Waals surface area (Å²) >= 11 is 0. The number of phenols is 1. The maximum Gasteiger partial charge on any atom is 0.328 e. The van der Waals surface area contributed by atoms with Gasteiger partial charge in [-0.25, -0.2) is 9.18 Å². The Labute approximate surface area is 132 Å². The van der Waals surface area contributed by atoms with E-state index in [2.05, 4.69) is 10.1 Å². The third-order valence-electron chi connectivity index (χ3n) is 3.28. The molecule has 2 aromatic rings. The second kappa shape index (κ2) is 7.40. The summed E-state index contributed by atoms with van der Waals surface area (Å²) in [5, 5.41) is 11.9. The molecule has 2 N–H and O–H groups in total. The number of amides is 1. The van der Waals surface area contributed by atoms with Gasteiger partial charge >= 0.3 is 5.97 Å². The number of carbonyl (C=O) groups excluding carboxylic acids is 2. The van der Waals surface area contributed by atoms with Gasteiger partial charge in [-0.05, 0) is 29.8 Å². The van der Waals surface area contributed by atoms with Crippen LogP contribution in [-0.2, 0) is 16.0 Å². The van der Waals surface area contributed by atoms with Crippen LogP contribution in [0.4, 0.5) is 4.39 Å². The number of ether oxygens (including phenoxy) is 1. The number of rotatable bonds is 5. The predicted molar refractivity (Wildman–Crippen MR) is 81.5 cm³/mol. The number of methoxy groups -OCH3 is 1. The number of aromatic hydroxyl groups is 1. The van der Waals surface area contributed by atoms with E-state index in [1.54, 1.807) is 6.07 Å². The van der Waals surface area contributed by atoms with E-state index in [0.29, 0.717) is 5.56 Å². The first-order valence-corrected chi connectivity index (χ1v) is 6.92. The van der Waals surface area contributed by atoms with Crippen molar-refractivity contribution < 1.29 is 23.8 Å². The van der Waals surface area contributed by atoms with E-state index in [1.807, 2.05) is 0 Å². The highest BCUT2D eigenvalue weighted by molar-refractivity contribution is 5.97. The number of nitrogens with one attached hydrogen (secondary N) is 1. The summed E-state index contributed by atoms with van der Waals surface area (Å²) in [5.74, 6) is -1.77. The normalized spacial score (nSPS) is 11.6. The standard InChI is InChI=1S/C17H16FNO4/c1-23-17(22)15(10-11-5-2-3-8-14(11)18)19-16(21)12-6-4-7-13(20)9-12/h2-9,15,20H,10H2,1H3,(H,19,21)/t15-/m1/s1. The van der Waals surface area contributed by atoms with Crippen molar-refractivity contribution in [3.05, 3.63) is 65.5 Å². The Kier molecular flexibility index (Phi) is 5.30. The molecule has 120 valence electrons. The van der Waals surface area contributed by atoms with Gasteiger partial charge in [0, 0.05) is 12.0 Å². The average Bonchev–Trinajstić information content (AvgIpc) is 2.55. The number of esters is 1. The number of benzene rings is 2. The van der Waals surface area contributed by atoms with Crippen LogP contribution in [0.15, 0.2) is 48.5 Å². The summed E-state index contributed by atoms with van der Waals surface area (Å²) in [6.07, 6.45) is -0.0378. The van der Waals surface area contributed by atoms with Gasteiger partial charge in [0.25, 0.3) is 5.91 Å². The molecule has 2 aromatic carbocycles. The summed E-state index contributed by atoms with van der Waals surface area (Å²) in [5.41, 5.74) is 0.478. The van der Waals surface area contributed by atoms with Crippen LogP contribution in [0, 0.1) is 5.82 Å². The van der Waals surface area contributed by atoms with Gasteiger partial charge < -0.3 is 15.2 Å². The van der Waals surface area contributed by atoms with Gasteiger partial charge in [-0.2, -0.15) is 0 Å². The molecule has 0 aliphatic carbocycles. The fourth-order valence-electron chi connectivity index (χ4n) is 2.11. The molecule has 0 aliphatic heterocycles. The fraction of sp³-hybridized carbons (Fsp3) is 0.176. The SMILES string of the molecule is COC(=O)[C@@H](Cc1ccccc1F)NC(=O)c1cccc(O)c1. The summed E-state index contributed by atoms with van der Waals surface area (Å²) < 4.78 is 18.4. The van der Waals surface area contributed by atoms with Gasteiger partial charge in [0.05, 0.1) is 7.11 Å². The zero-order valence-corrected chi connectivity index (χ0v) is 12.5. The van der Waals surface area contributed by atoms with Crippen LogP contribution in [0.5, 0.6) is 5.75 Å². The Bertz CT molecular complexity index is 717. The van der Waals surface area contributed by atoms with Crippen molar-refractivity contribution >= 4 is 11.9 Å². The first-order valence-electron chi connectivity index (χ1n) is 6.92. The second-order valence-electron chi connectivity index (χ2n) is 4.90. The molecular formula is C17H16FNO4. The van der Waals surface area contributed by atoms with Crippen molar-refractivity contribution in [2.24, 2.45) is 0 Å². The molecule has 0 aliphatic rings. The Morgan fingerprint density at radius 1 is 1.22 bits per heavy atom. The summed E-state index contributed by atoms with van der Waals surface area (Å²) in [6.45, 7) is 0. The number of carbonyl (C=O) groups is 2. The smallest absolute Gasteiger partial charge is 0.328 e. The van der Waals surface area contributed by atoms with Crippen molar-refractivity contribution in [2.75, 3.05) is 7.11 Å². The zero-order valence-electron chi connectivity index (χ0n) is 12.5. The van der Waals surface area contributed by atoms with E-state index >= 15 is 0 Å². The van der Waals surface area contributed by atoms with Crippen molar-refractivity contribution in [2.45, 2.75) is 12.5 Å². The highest BCUT2D eigenvalue weighted by Gasteiger charge is 2.23. The maximum atomic E-state index is 13.7. The van der Waals surface area contributed by atoms with Crippen molar-refractivity contribution in [3.8, 4) is 5.75 Å². The molecule has 1 atom stereocenters. The third kappa shape index (κ3) is 4.29. The van der Waals surface area contributed by atoms with Crippen LogP contribution in [-0.4, -0.2) is 30.1 Å². The lowest BCUT2D eigenvalue weighted by Gasteiger charge is -2.17. The van der Waals surface area contributed by atoms with Crippen LogP contribution < -0.4 is 5.32 Å². The average molecular weight is 317 g/mol. The summed E-state index contributed by atoms with van der Waals surface area (Å²) in [4.78, 5) is 24.0. The first-order chi connectivity index (χ1) is 11.0. The minimum atomic E-state index is -1.04. The minimum Gasteiger partial charge on any atom is -0.508 e. The van der Waals surface area contributed by atoms with Crippen LogP contribution >= 0.6 is 0 Å². The summed E-state index contributed by atoms with van der Waals surface area (Å²) in [6, 6.07) is 10.7. The van der Waals surface area contributed by atoms with Crippen LogP contribution in [0.3, 0.4) is 0 Å². The molecule has 0 saturated carbocycles. The van der Waals surface area contributed by atoms with Crippen LogP contribution in [0.2, 0.25) is 0 Å². The molecule has 0 fully saturated rings. The topological polar surface area (TPSA) is 75.6 Å². The molecule has 0 saturated heterocycles. The molecule has 0 heterocycles. The molecule has 2 rings (SSSR count). The van der Waals surface area contributed by atoms with Crippen LogP contribution in [0.25, 0.3) is 0 Å². The van der Waals surface area contributed by atoms with E-state index in [-0.39, 0.29) is 17.7 Å².